The van der Waals surface area contributed by atoms with E-state index in [2.05, 4.69) is 4.98 Å². The molecule has 4 nitrogen and oxygen atoms in total. The van der Waals surface area contributed by atoms with Gasteiger partial charge < -0.3 is 10.6 Å². The lowest BCUT2D eigenvalue weighted by atomic mass is 10.4. The molecule has 0 bridgehead atoms. The molecular weight excluding hydrogens is 210 g/mol. The van der Waals surface area contributed by atoms with Crippen molar-refractivity contribution in [1.29, 1.82) is 0 Å². The van der Waals surface area contributed by atoms with E-state index in [0.717, 1.165) is 10.8 Å². The van der Waals surface area contributed by atoms with Gasteiger partial charge in [0, 0.05) is 26.3 Å². The number of nitrogen functional groups attached to an aromatic ring is 1. The Labute approximate surface area is 93.9 Å². The Bertz CT molecular complexity index is 324. The lowest BCUT2D eigenvalue weighted by Crippen LogP contribution is -2.21. The molecule has 1 amide bonds. The van der Waals surface area contributed by atoms with Crippen LogP contribution in [0, 0.1) is 0 Å². The van der Waals surface area contributed by atoms with Crippen LogP contribution < -0.4 is 5.73 Å². The summed E-state index contributed by atoms with van der Waals surface area (Å²) in [6, 6.07) is 3.67. The zero-order valence-corrected chi connectivity index (χ0v) is 9.75. The minimum atomic E-state index is 0.137. The van der Waals surface area contributed by atoms with Crippen molar-refractivity contribution in [2.24, 2.45) is 0 Å². The van der Waals surface area contributed by atoms with E-state index in [-0.39, 0.29) is 5.91 Å². The predicted octanol–water partition coefficient (Wildman–Crippen LogP) is 1.23. The smallest absolute Gasteiger partial charge is 0.222 e. The highest BCUT2D eigenvalue weighted by Crippen LogP contribution is 2.16. The molecule has 1 aromatic rings. The Morgan fingerprint density at radius 3 is 2.80 bits per heavy atom. The van der Waals surface area contributed by atoms with Gasteiger partial charge in [0.1, 0.15) is 0 Å². The fourth-order valence-corrected chi connectivity index (χ4v) is 1.72. The number of carbonyl (C=O) groups excluding carboxylic acids is 1. The van der Waals surface area contributed by atoms with E-state index in [1.165, 1.54) is 0 Å². The highest BCUT2D eigenvalue weighted by atomic mass is 32.2. The van der Waals surface area contributed by atoms with Crippen molar-refractivity contribution in [3.8, 4) is 0 Å². The van der Waals surface area contributed by atoms with Crippen LogP contribution in [0.4, 0.5) is 5.69 Å². The number of rotatable bonds is 4. The molecule has 0 fully saturated rings. The quantitative estimate of drug-likeness (QED) is 0.783. The molecular formula is C10H15N3OS. The highest BCUT2D eigenvalue weighted by Gasteiger charge is 2.04. The maximum atomic E-state index is 11.3. The van der Waals surface area contributed by atoms with Crippen molar-refractivity contribution in [1.82, 2.24) is 9.88 Å². The van der Waals surface area contributed by atoms with Gasteiger partial charge in [-0.3, -0.25) is 4.79 Å². The number of pyridine rings is 1. The lowest BCUT2D eigenvalue weighted by Gasteiger charge is -2.09. The van der Waals surface area contributed by atoms with Gasteiger partial charge in [0.15, 0.2) is 0 Å². The van der Waals surface area contributed by atoms with Crippen LogP contribution >= 0.6 is 11.8 Å². The molecule has 1 heterocycles. The van der Waals surface area contributed by atoms with Gasteiger partial charge in [-0.1, -0.05) is 0 Å². The van der Waals surface area contributed by atoms with E-state index in [4.69, 9.17) is 5.73 Å². The van der Waals surface area contributed by atoms with Crippen molar-refractivity contribution in [3.05, 3.63) is 18.3 Å². The zero-order chi connectivity index (χ0) is 11.3. The Morgan fingerprint density at radius 2 is 2.27 bits per heavy atom. The topological polar surface area (TPSA) is 59.2 Å². The van der Waals surface area contributed by atoms with Crippen LogP contribution in [0.3, 0.4) is 0 Å². The fraction of sp³-hybridized carbons (Fsp3) is 0.400. The van der Waals surface area contributed by atoms with Crippen LogP contribution in [0.5, 0.6) is 0 Å². The largest absolute Gasteiger partial charge is 0.397 e. The van der Waals surface area contributed by atoms with Crippen LogP contribution in [0.15, 0.2) is 23.4 Å². The van der Waals surface area contributed by atoms with E-state index >= 15 is 0 Å². The normalized spacial score (nSPS) is 10.0. The van der Waals surface area contributed by atoms with Gasteiger partial charge in [-0.05, 0) is 12.1 Å². The average Bonchev–Trinajstić information content (AvgIpc) is 2.20. The molecule has 0 unspecified atom stereocenters. The molecule has 1 aromatic heterocycles. The number of thioether (sulfide) groups is 1. The standard InChI is InChI=1S/C10H15N3OS/c1-13(2)10(14)5-6-15-9-4-3-8(11)7-12-9/h3-4,7H,5-6,11H2,1-2H3. The first kappa shape index (κ1) is 11.8. The molecule has 1 rings (SSSR count). The number of anilines is 1. The van der Waals surface area contributed by atoms with Gasteiger partial charge in [0.2, 0.25) is 5.91 Å². The first-order valence-corrected chi connectivity index (χ1v) is 5.62. The molecule has 0 spiro atoms. The average molecular weight is 225 g/mol. The summed E-state index contributed by atoms with van der Waals surface area (Å²) < 4.78 is 0. The van der Waals surface area contributed by atoms with Gasteiger partial charge in [-0.2, -0.15) is 0 Å². The summed E-state index contributed by atoms with van der Waals surface area (Å²) >= 11 is 1.56. The second kappa shape index (κ2) is 5.60. The van der Waals surface area contributed by atoms with Crippen LogP contribution in [0.25, 0.3) is 0 Å². The third-order valence-corrected chi connectivity index (χ3v) is 2.77. The maximum absolute atomic E-state index is 11.3. The fourth-order valence-electron chi connectivity index (χ4n) is 0.944. The van der Waals surface area contributed by atoms with Gasteiger partial charge in [0.05, 0.1) is 16.9 Å². The van der Waals surface area contributed by atoms with Crippen molar-refractivity contribution in [2.45, 2.75) is 11.4 Å². The molecule has 2 N–H and O–H groups in total. The predicted molar refractivity (Wildman–Crippen MR) is 62.7 cm³/mol. The maximum Gasteiger partial charge on any atom is 0.222 e. The molecule has 82 valence electrons. The molecule has 0 saturated heterocycles. The third kappa shape index (κ3) is 4.20. The van der Waals surface area contributed by atoms with Crippen LogP contribution in [-0.4, -0.2) is 35.6 Å². The Kier molecular flexibility index (Phi) is 4.42. The number of amides is 1. The van der Waals surface area contributed by atoms with E-state index in [1.54, 1.807) is 37.0 Å². The summed E-state index contributed by atoms with van der Waals surface area (Å²) in [7, 11) is 3.52. The number of nitrogens with two attached hydrogens (primary N) is 1. The molecule has 5 heteroatoms. The monoisotopic (exact) mass is 225 g/mol. The van der Waals surface area contributed by atoms with Gasteiger partial charge in [0.25, 0.3) is 0 Å². The summed E-state index contributed by atoms with van der Waals surface area (Å²) in [5.41, 5.74) is 6.17. The molecule has 0 aliphatic rings. The summed E-state index contributed by atoms with van der Waals surface area (Å²) in [5.74, 6) is 0.881. The van der Waals surface area contributed by atoms with Crippen molar-refractivity contribution in [2.75, 3.05) is 25.6 Å². The minimum absolute atomic E-state index is 0.137. The van der Waals surface area contributed by atoms with Gasteiger partial charge in [-0.15, -0.1) is 11.8 Å². The molecule has 0 radical (unpaired) electrons. The van der Waals surface area contributed by atoms with Crippen LogP contribution in [0.1, 0.15) is 6.42 Å². The van der Waals surface area contributed by atoms with E-state index in [9.17, 15) is 4.79 Å². The molecule has 0 aliphatic carbocycles. The van der Waals surface area contributed by atoms with Crippen molar-refractivity contribution in [3.63, 3.8) is 0 Å². The molecule has 0 aromatic carbocycles. The second-order valence-corrected chi connectivity index (χ2v) is 4.43. The van der Waals surface area contributed by atoms with Crippen LogP contribution in [0.2, 0.25) is 0 Å². The number of hydrogen-bond acceptors (Lipinski definition) is 4. The number of carbonyl (C=O) groups is 1. The van der Waals surface area contributed by atoms with E-state index < -0.39 is 0 Å². The molecule has 0 aliphatic heterocycles. The third-order valence-electron chi connectivity index (χ3n) is 1.82. The summed E-state index contributed by atoms with van der Waals surface area (Å²) in [5, 5.41) is 0.899. The number of nitrogens with zero attached hydrogens (tertiary/aromatic N) is 2. The Morgan fingerprint density at radius 1 is 1.53 bits per heavy atom. The van der Waals surface area contributed by atoms with Gasteiger partial charge in [-0.25, -0.2) is 4.98 Å². The van der Waals surface area contributed by atoms with E-state index in [0.29, 0.717) is 12.1 Å². The number of hydrogen-bond donors (Lipinski definition) is 1. The Balaban J connectivity index is 2.32. The first-order chi connectivity index (χ1) is 7.09. The Hall–Kier alpha value is -1.23. The summed E-state index contributed by atoms with van der Waals surface area (Å²) in [4.78, 5) is 17.0. The SMILES string of the molecule is CN(C)C(=O)CCSc1ccc(N)cn1. The second-order valence-electron chi connectivity index (χ2n) is 3.32. The highest BCUT2D eigenvalue weighted by molar-refractivity contribution is 7.99. The van der Waals surface area contributed by atoms with Crippen molar-refractivity contribution >= 4 is 23.4 Å². The van der Waals surface area contributed by atoms with E-state index in [1.807, 2.05) is 12.1 Å². The summed E-state index contributed by atoms with van der Waals surface area (Å²) in [6.45, 7) is 0. The van der Waals surface area contributed by atoms with Crippen LogP contribution in [-0.2, 0) is 4.79 Å². The van der Waals surface area contributed by atoms with Crippen molar-refractivity contribution < 1.29 is 4.79 Å². The summed E-state index contributed by atoms with van der Waals surface area (Å²) in [6.07, 6.45) is 2.15. The first-order valence-electron chi connectivity index (χ1n) is 4.64. The zero-order valence-electron chi connectivity index (χ0n) is 8.93. The minimum Gasteiger partial charge on any atom is -0.397 e. The lowest BCUT2D eigenvalue weighted by molar-refractivity contribution is -0.128. The molecule has 0 saturated carbocycles. The molecule has 15 heavy (non-hydrogen) atoms. The number of aromatic nitrogens is 1. The van der Waals surface area contributed by atoms with Gasteiger partial charge >= 0.3 is 0 Å². The molecule has 0 atom stereocenters.